The Balaban J connectivity index is -0.000000289. The summed E-state index contributed by atoms with van der Waals surface area (Å²) in [7, 11) is 0. The van der Waals surface area contributed by atoms with Gasteiger partial charge in [-0.1, -0.05) is 47.5 Å². The van der Waals surface area contributed by atoms with Gasteiger partial charge < -0.3 is 29.4 Å². The second kappa shape index (κ2) is 16.8. The number of hydrogen-bond acceptors (Lipinski definition) is 2. The van der Waals surface area contributed by atoms with Crippen LogP contribution in [-0.2, 0) is 23.6 Å². The fourth-order valence-corrected chi connectivity index (χ4v) is 1.70. The first-order valence-corrected chi connectivity index (χ1v) is 12.7. The fourth-order valence-electron chi connectivity index (χ4n) is 1.21. The summed E-state index contributed by atoms with van der Waals surface area (Å²) in [6.45, 7) is -3.57. The van der Waals surface area contributed by atoms with Gasteiger partial charge in [0, 0.05) is 10.0 Å². The van der Waals surface area contributed by atoms with Crippen molar-refractivity contribution in [2.24, 2.45) is 0 Å². The van der Waals surface area contributed by atoms with Crippen LogP contribution in [0.2, 0.25) is 10.0 Å². The van der Waals surface area contributed by atoms with Gasteiger partial charge in [-0.3, -0.25) is 0 Å². The number of halogens is 2. The topological polar surface area (TPSA) is 121 Å². The number of rotatable bonds is 0. The molecule has 0 amide bonds. The summed E-state index contributed by atoms with van der Waals surface area (Å²) in [4.78, 5) is 45.3. The molecule has 2 rings (SSSR count). The van der Waals surface area contributed by atoms with Crippen LogP contribution >= 0.6 is 36.6 Å². The van der Waals surface area contributed by atoms with Crippen molar-refractivity contribution in [3.05, 3.63) is 69.7 Å². The second-order valence-corrected chi connectivity index (χ2v) is 10.5. The molecule has 0 aromatic heterocycles. The molecule has 0 saturated carbocycles. The molecule has 0 bridgehead atoms. The summed E-state index contributed by atoms with van der Waals surface area (Å²) in [5.74, 6) is 0. The van der Waals surface area contributed by atoms with Crippen LogP contribution in [0, 0.1) is 13.8 Å². The first-order valence-electron chi connectivity index (χ1n) is 6.59. The van der Waals surface area contributed by atoms with E-state index in [2.05, 4.69) is 23.6 Å². The van der Waals surface area contributed by atoms with Crippen LogP contribution in [-0.4, -0.2) is 58.9 Å². The molecule has 0 saturated heterocycles. The Hall–Kier alpha value is 1.08. The Morgan fingerprint density at radius 2 is 0.889 bits per heavy atom. The van der Waals surface area contributed by atoms with E-state index < -0.39 is 13.4 Å². The third kappa shape index (κ3) is 38.3. The Morgan fingerprint density at radius 3 is 1.00 bits per heavy atom. The van der Waals surface area contributed by atoms with Gasteiger partial charge in [0.15, 0.2) is 0 Å². The molecule has 0 heterocycles. The maximum atomic E-state index is 7.56. The minimum absolute atomic E-state index is 0. The van der Waals surface area contributed by atoms with Crippen LogP contribution in [0.1, 0.15) is 11.1 Å². The van der Waals surface area contributed by atoms with Crippen LogP contribution in [0.3, 0.4) is 0 Å². The Labute approximate surface area is 201 Å². The third-order valence-electron chi connectivity index (χ3n) is 1.96. The summed E-state index contributed by atoms with van der Waals surface area (Å²) in [6.07, 6.45) is 0. The van der Waals surface area contributed by atoms with Crippen LogP contribution in [0.25, 0.3) is 0 Å². The molecule has 6 nitrogen and oxygen atoms in total. The van der Waals surface area contributed by atoms with Gasteiger partial charge in [0.25, 0.3) is 0 Å². The SMILES string of the molecule is Cc1cccc(Cl)c1.Cc1cccc(Cl)c1.OP(O)(O)=S.OP(O)(O)=S.[NaH]. The summed E-state index contributed by atoms with van der Waals surface area (Å²) in [5.41, 5.74) is 2.41. The van der Waals surface area contributed by atoms with E-state index in [-0.39, 0.29) is 29.6 Å². The molecule has 13 heteroatoms. The molecule has 2 aromatic rings. The number of hydrogen-bond donors (Lipinski definition) is 6. The summed E-state index contributed by atoms with van der Waals surface area (Å²) in [6, 6.07) is 15.5. The maximum absolute atomic E-state index is 7.56. The molecule has 0 atom stereocenters. The van der Waals surface area contributed by atoms with E-state index in [9.17, 15) is 0 Å². The van der Waals surface area contributed by atoms with Crippen LogP contribution < -0.4 is 0 Å². The fraction of sp³-hybridized carbons (Fsp3) is 0.143. The normalized spacial score (nSPS) is 9.85. The van der Waals surface area contributed by atoms with Crippen molar-refractivity contribution in [3.8, 4) is 0 Å². The van der Waals surface area contributed by atoms with E-state index >= 15 is 0 Å². The van der Waals surface area contributed by atoms with Crippen molar-refractivity contribution in [2.75, 3.05) is 0 Å². The molecule has 0 aliphatic carbocycles. The molecule has 0 radical (unpaired) electrons. The first kappa shape index (κ1) is 32.7. The monoisotopic (exact) mass is 504 g/mol. The average Bonchev–Trinajstić information content (AvgIpc) is 2.34. The molecule has 27 heavy (non-hydrogen) atoms. The Kier molecular flexibility index (Phi) is 20.4. The molecular weight excluding hydrogens is 484 g/mol. The Morgan fingerprint density at radius 1 is 0.667 bits per heavy atom. The molecule has 0 aliphatic rings. The first-order chi connectivity index (χ1) is 11.6. The van der Waals surface area contributed by atoms with Gasteiger partial charge in [0.2, 0.25) is 0 Å². The second-order valence-electron chi connectivity index (χ2n) is 4.62. The summed E-state index contributed by atoms with van der Waals surface area (Å²) >= 11 is 18.5. The van der Waals surface area contributed by atoms with E-state index in [4.69, 9.17) is 52.6 Å². The van der Waals surface area contributed by atoms with Gasteiger partial charge in [-0.05, 0) is 72.9 Å². The van der Waals surface area contributed by atoms with E-state index in [0.717, 1.165) is 10.0 Å². The number of benzene rings is 2. The van der Waals surface area contributed by atoms with Crippen molar-refractivity contribution < 1.29 is 29.4 Å². The quantitative estimate of drug-likeness (QED) is 0.239. The Bertz CT molecular complexity index is 643. The van der Waals surface area contributed by atoms with Gasteiger partial charge in [0.1, 0.15) is 0 Å². The molecule has 150 valence electrons. The zero-order chi connectivity index (χ0) is 21.0. The van der Waals surface area contributed by atoms with Gasteiger partial charge in [0.05, 0.1) is 0 Å². The van der Waals surface area contributed by atoms with Crippen LogP contribution in [0.5, 0.6) is 0 Å². The zero-order valence-electron chi connectivity index (χ0n) is 13.8. The van der Waals surface area contributed by atoms with Gasteiger partial charge >= 0.3 is 43.0 Å². The molecule has 0 aliphatic heterocycles. The van der Waals surface area contributed by atoms with Gasteiger partial charge in [-0.15, -0.1) is 0 Å². The molecule has 2 aromatic carbocycles. The standard InChI is InChI=1S/2C7H7Cl.Na.2H3O3PS.H/c2*1-6-3-2-4-7(8)5-6;;2*1-4(2,3)5;/h2*2-5H,1H3;;2*(H3,1,2,3,5);. The zero-order valence-corrected chi connectivity index (χ0v) is 18.7. The molecular formula is C14H21Cl2NaO6P2S2. The van der Waals surface area contributed by atoms with Crippen molar-refractivity contribution in [3.63, 3.8) is 0 Å². The average molecular weight is 505 g/mol. The number of aryl methyl sites for hydroxylation is 2. The minimum atomic E-state index is -3.81. The van der Waals surface area contributed by atoms with Crippen LogP contribution in [0.4, 0.5) is 0 Å². The summed E-state index contributed by atoms with van der Waals surface area (Å²) < 4.78 is 0. The van der Waals surface area contributed by atoms with Gasteiger partial charge in [-0.2, -0.15) is 0 Å². The van der Waals surface area contributed by atoms with Crippen molar-refractivity contribution >= 4 is 89.8 Å². The molecule has 0 spiro atoms. The predicted molar refractivity (Wildman–Crippen MR) is 121 cm³/mol. The predicted octanol–water partition coefficient (Wildman–Crippen LogP) is 3.02. The van der Waals surface area contributed by atoms with E-state index in [1.165, 1.54) is 11.1 Å². The van der Waals surface area contributed by atoms with E-state index in [0.29, 0.717) is 0 Å². The van der Waals surface area contributed by atoms with Crippen LogP contribution in [0.15, 0.2) is 48.5 Å². The third-order valence-corrected chi connectivity index (χ3v) is 2.43. The van der Waals surface area contributed by atoms with E-state index in [1.807, 2.05) is 62.4 Å². The molecule has 0 fully saturated rings. The van der Waals surface area contributed by atoms with Gasteiger partial charge in [-0.25, -0.2) is 0 Å². The summed E-state index contributed by atoms with van der Waals surface area (Å²) in [5, 5.41) is 1.62. The van der Waals surface area contributed by atoms with E-state index in [1.54, 1.807) is 0 Å². The van der Waals surface area contributed by atoms with Crippen molar-refractivity contribution in [2.45, 2.75) is 13.8 Å². The molecule has 0 unspecified atom stereocenters. The molecule has 6 N–H and O–H groups in total. The van der Waals surface area contributed by atoms with Crippen molar-refractivity contribution in [1.29, 1.82) is 0 Å². The van der Waals surface area contributed by atoms with Crippen molar-refractivity contribution in [1.82, 2.24) is 0 Å².